The number of hydrogen-bond acceptors (Lipinski definition) is 27. The molecule has 0 spiro atoms. The zero-order valence-corrected chi connectivity index (χ0v) is 65.2. The third-order valence-corrected chi connectivity index (χ3v) is 22.9. The van der Waals surface area contributed by atoms with Crippen LogP contribution in [0.3, 0.4) is 0 Å². The Kier molecular flexibility index (Phi) is 36.1. The molecule has 0 aliphatic carbocycles. The maximum Gasteiger partial charge on any atom is 0.303 e. The Labute approximate surface area is 657 Å². The number of aromatic amines is 2. The lowest BCUT2D eigenvalue weighted by atomic mass is 10.0. The molecule has 112 heavy (non-hydrogen) atoms. The zero-order chi connectivity index (χ0) is 82.6. The minimum Gasteiger partial charge on any atom is -0.481 e. The first kappa shape index (κ1) is 91.0. The van der Waals surface area contributed by atoms with E-state index in [0.29, 0.717) is 5.69 Å². The number of amides is 17. The van der Waals surface area contributed by atoms with Crippen molar-refractivity contribution in [3.05, 3.63) is 36.4 Å². The number of carbonyl (C=O) groups excluding carboxylic acids is 17. The van der Waals surface area contributed by atoms with Crippen LogP contribution < -0.4 is 86.3 Å². The molecule has 47 heteroatoms. The van der Waals surface area contributed by atoms with Gasteiger partial charge in [-0.1, -0.05) is 70.9 Å². The Hall–Kier alpha value is -9.84. The Bertz CT molecular complexity index is 3710. The van der Waals surface area contributed by atoms with Crippen LogP contribution in [0.5, 0.6) is 0 Å². The van der Waals surface area contributed by atoms with Gasteiger partial charge < -0.3 is 121 Å². The third kappa shape index (κ3) is 27.5. The highest BCUT2D eigenvalue weighted by atomic mass is 33.1. The van der Waals surface area contributed by atoms with Gasteiger partial charge in [-0.05, 0) is 57.3 Å². The van der Waals surface area contributed by atoms with Crippen LogP contribution in [0, 0.1) is 11.8 Å². The van der Waals surface area contributed by atoms with E-state index in [2.05, 4.69) is 89.1 Å². The van der Waals surface area contributed by atoms with Gasteiger partial charge in [-0.2, -0.15) is 0 Å². The monoisotopic (exact) mass is 1650 g/mol. The molecule has 6 rings (SSSR count). The van der Waals surface area contributed by atoms with Gasteiger partial charge in [0.15, 0.2) is 0 Å². The highest BCUT2D eigenvalue weighted by Crippen LogP contribution is 2.27. The molecule has 24 N–H and O–H groups in total. The zero-order valence-electron chi connectivity index (χ0n) is 61.9. The molecule has 4 aliphatic heterocycles. The molecule has 15 atom stereocenters. The number of aliphatic hydroxyl groups excluding tert-OH is 2. The predicted molar refractivity (Wildman–Crippen MR) is 402 cm³/mol. The number of nitrogens with zero attached hydrogens (tertiary/aromatic N) is 4. The number of aromatic nitrogens is 4. The summed E-state index contributed by atoms with van der Waals surface area (Å²) in [5.74, 6) is -22.5. The molecule has 43 nitrogen and oxygen atoms in total. The molecule has 2 aromatic heterocycles. The Morgan fingerprint density at radius 2 is 0.973 bits per heavy atom. The van der Waals surface area contributed by atoms with Gasteiger partial charge in [-0.15, -0.1) is 0 Å². The highest BCUT2D eigenvalue weighted by Gasteiger charge is 2.44. The van der Waals surface area contributed by atoms with E-state index in [-0.39, 0.29) is 69.6 Å². The van der Waals surface area contributed by atoms with E-state index in [1.807, 2.05) is 0 Å². The van der Waals surface area contributed by atoms with Crippen LogP contribution in [0.15, 0.2) is 25.0 Å². The van der Waals surface area contributed by atoms with E-state index in [4.69, 9.17) is 17.2 Å². The fraction of sp³-hybridized carbons (Fsp3) is 0.631. The van der Waals surface area contributed by atoms with Crippen molar-refractivity contribution in [1.29, 1.82) is 0 Å². The van der Waals surface area contributed by atoms with Crippen LogP contribution in [-0.4, -0.2) is 298 Å². The van der Waals surface area contributed by atoms with Crippen molar-refractivity contribution >= 4 is 150 Å². The molecule has 6 heterocycles. The number of imidazole rings is 2. The molecule has 0 saturated carbocycles. The normalized spacial score (nSPS) is 28.0. The number of aliphatic hydroxyl groups is 2. The van der Waals surface area contributed by atoms with Gasteiger partial charge >= 0.3 is 5.97 Å². The lowest BCUT2D eigenvalue weighted by Crippen LogP contribution is -2.62. The summed E-state index contributed by atoms with van der Waals surface area (Å²) in [5.41, 5.74) is 17.7. The Balaban J connectivity index is 1.45. The third-order valence-electron chi connectivity index (χ3n) is 18.0. The van der Waals surface area contributed by atoms with Crippen molar-refractivity contribution in [2.24, 2.45) is 29.0 Å². The van der Waals surface area contributed by atoms with Gasteiger partial charge in [-0.3, -0.25) is 86.3 Å². The molecule has 2 aromatic rings. The van der Waals surface area contributed by atoms with Gasteiger partial charge in [0.05, 0.1) is 38.8 Å². The molecule has 0 aromatic carbocycles. The first-order valence-corrected chi connectivity index (χ1v) is 40.8. The first-order valence-electron chi connectivity index (χ1n) is 35.8. The standard InChI is InChI=1S/C65H98N22O21S4/c1-29(2)14-35-54(97)82-41(51(68)94)23-109-111-26-44-60(103)80-39(21-88)56(99)79-38(16-33-20-70-28-72-33)65(108)86-12-6-8-45(86)61(104)73-31(5)52(95)83-43(25-112-110-24-42(58(101)84-44)74-48(91)18-66)59(102)81-40(22-89)57(100)85-50(30(3)4)63(106)77-36(17-47(67)90)55(98)78-37(15-32-19-69-27-71-32)64(107)87-13-7-9-46(87)62(105)75-34(53(96)76-35)10-11-49(92)93/h19-20,27-31,34-46,50,88-89H,6-18,21-26,66H2,1-5H3,(H2,67,90)(H2,68,94)(H,69,71)(H,70,72)(H,73,104)(H,74,91)(H,75,105)(H,76,96)(H,77,106)(H,78,98)(H,79,99)(H,80,103)(H,81,102)(H,82,97)(H,83,95)(H,84,101)(H,85,100)(H,92,93)/t31-,34-,35-,36-,37-,38?,39-,40-,41?,42-,43-,44-,45-,46-,50?/m0/s1. The molecule has 0 radical (unpaired) electrons. The number of nitrogens with one attached hydrogen (secondary N) is 15. The van der Waals surface area contributed by atoms with Gasteiger partial charge in [0.1, 0.15) is 90.6 Å². The van der Waals surface area contributed by atoms with Crippen LogP contribution in [0.2, 0.25) is 0 Å². The molecule has 4 fully saturated rings. The number of fused-ring (bicyclic) bond motifs is 10. The van der Waals surface area contributed by atoms with E-state index in [0.717, 1.165) is 53.0 Å². The summed E-state index contributed by atoms with van der Waals surface area (Å²) in [5, 5.41) is 63.3. The molecule has 17 amide bonds. The van der Waals surface area contributed by atoms with Crippen molar-refractivity contribution in [2.45, 2.75) is 189 Å². The average molecular weight is 1650 g/mol. The summed E-state index contributed by atoms with van der Waals surface area (Å²) < 4.78 is 0. The smallest absolute Gasteiger partial charge is 0.303 e. The van der Waals surface area contributed by atoms with E-state index >= 15 is 0 Å². The summed E-state index contributed by atoms with van der Waals surface area (Å²) >= 11 is 0. The SMILES string of the molecule is CC(C)C[C@@H]1NC(=O)[C@H](CCC(=O)O)NC(=O)[C@@H]2CCCN2C(=O)[C@H](Cc2cnc[nH]2)NC(=O)[C@H](CC(N)=O)NC(=O)C(C(C)C)NC(=O)[C@H](CO)NC(=O)[C@@H]2CSSC[C@H](NC(=O)CN)C(=O)N[C@@H](CSSCC(C(N)=O)NC1=O)C(=O)N[C@@H](CO)C(=O)NC(Cc1cnc[nH]1)C(=O)N1CCC[C@H]1C(=O)N[C@@H](C)C(=O)N2. The number of nitrogens with two attached hydrogens (primary N) is 3. The predicted octanol–water partition coefficient (Wildman–Crippen LogP) is -9.12. The number of carbonyl (C=O) groups is 18. The Morgan fingerprint density at radius 3 is 1.45 bits per heavy atom. The number of carboxylic acid groups (broad SMARTS) is 1. The molecule has 4 saturated heterocycles. The minimum atomic E-state index is -1.95. The van der Waals surface area contributed by atoms with Crippen LogP contribution in [0.25, 0.3) is 0 Å². The quantitative estimate of drug-likeness (QED) is 0.0654. The molecule has 2 bridgehead atoms. The average Bonchev–Trinajstić information content (AvgIpc) is 1.65. The Morgan fingerprint density at radius 1 is 0.527 bits per heavy atom. The van der Waals surface area contributed by atoms with Crippen LogP contribution >= 0.6 is 43.2 Å². The second-order valence-corrected chi connectivity index (χ2v) is 32.6. The topological polar surface area (TPSA) is 666 Å². The maximum atomic E-state index is 14.9. The molecule has 618 valence electrons. The molecule has 3 unspecified atom stereocenters. The van der Waals surface area contributed by atoms with Gasteiger partial charge in [0.25, 0.3) is 0 Å². The van der Waals surface area contributed by atoms with Crippen molar-refractivity contribution in [3.63, 3.8) is 0 Å². The van der Waals surface area contributed by atoms with Gasteiger partial charge in [0, 0.05) is 79.1 Å². The number of aliphatic carboxylic acids is 1. The largest absolute Gasteiger partial charge is 0.481 e. The second kappa shape index (κ2) is 44.4. The number of H-pyrrole nitrogens is 2. The number of rotatable bonds is 17. The van der Waals surface area contributed by atoms with Gasteiger partial charge in [-0.25, -0.2) is 9.97 Å². The van der Waals surface area contributed by atoms with E-state index in [9.17, 15) is 102 Å². The maximum absolute atomic E-state index is 14.9. The number of hydrogen-bond donors (Lipinski definition) is 21. The summed E-state index contributed by atoms with van der Waals surface area (Å²) in [6, 6.07) is -24.7. The fourth-order valence-electron chi connectivity index (χ4n) is 12.0. The first-order chi connectivity index (χ1) is 53.1. The number of carboxylic acids is 1. The molecular weight excluding hydrogens is 1550 g/mol. The van der Waals surface area contributed by atoms with Crippen molar-refractivity contribution < 1.29 is 102 Å². The fourth-order valence-corrected chi connectivity index (χ4v) is 16.7. The van der Waals surface area contributed by atoms with Crippen molar-refractivity contribution in [3.8, 4) is 0 Å². The number of primary amides is 2. The van der Waals surface area contributed by atoms with E-state index in [1.54, 1.807) is 13.8 Å². The highest BCUT2D eigenvalue weighted by molar-refractivity contribution is 8.77. The molecule has 4 aliphatic rings. The van der Waals surface area contributed by atoms with Crippen molar-refractivity contribution in [2.75, 3.05) is 55.9 Å². The minimum absolute atomic E-state index is 0.0434. The summed E-state index contributed by atoms with van der Waals surface area (Å²) in [7, 11) is 3.18. The van der Waals surface area contributed by atoms with Crippen LogP contribution in [0.4, 0.5) is 0 Å². The van der Waals surface area contributed by atoms with E-state index in [1.165, 1.54) is 45.8 Å². The van der Waals surface area contributed by atoms with Crippen molar-refractivity contribution in [1.82, 2.24) is 98.9 Å². The summed E-state index contributed by atoms with van der Waals surface area (Å²) in [6.45, 7) is 4.33. The molecular formula is C65H98N22O21S4. The van der Waals surface area contributed by atoms with E-state index < -0.39 is 265 Å². The van der Waals surface area contributed by atoms with Gasteiger partial charge in [0.2, 0.25) is 100 Å². The summed E-state index contributed by atoms with van der Waals surface area (Å²) in [6.07, 6.45) is 2.59. The van der Waals surface area contributed by atoms with Crippen LogP contribution in [0.1, 0.15) is 97.4 Å². The lowest BCUT2D eigenvalue weighted by Gasteiger charge is -2.31. The second-order valence-electron chi connectivity index (χ2n) is 27.5. The lowest BCUT2D eigenvalue weighted by molar-refractivity contribution is -0.143. The summed E-state index contributed by atoms with van der Waals surface area (Å²) in [4.78, 5) is 269. The van der Waals surface area contributed by atoms with Crippen LogP contribution in [-0.2, 0) is 99.1 Å².